The number of non-ortho nitro benzene ring substituents is 1. The summed E-state index contributed by atoms with van der Waals surface area (Å²) < 4.78 is 9.69. The third-order valence-electron chi connectivity index (χ3n) is 1.98. The molecule has 0 saturated heterocycles. The van der Waals surface area contributed by atoms with Crippen LogP contribution in [0.1, 0.15) is 17.3 Å². The third kappa shape index (κ3) is 3.55. The zero-order chi connectivity index (χ0) is 13.5. The van der Waals surface area contributed by atoms with E-state index in [-0.39, 0.29) is 30.2 Å². The lowest BCUT2D eigenvalue weighted by Gasteiger charge is -2.07. The Bertz CT molecular complexity index is 471. The second-order valence-corrected chi connectivity index (χ2v) is 3.19. The van der Waals surface area contributed by atoms with Crippen LogP contribution in [0.25, 0.3) is 0 Å². The van der Waals surface area contributed by atoms with E-state index in [0.717, 1.165) is 6.07 Å². The molecule has 0 bridgehead atoms. The minimum Gasteiger partial charge on any atom is -0.481 e. The predicted molar refractivity (Wildman–Crippen MR) is 60.6 cm³/mol. The summed E-state index contributed by atoms with van der Waals surface area (Å²) in [6.07, 6.45) is 0.424. The first-order valence-electron chi connectivity index (χ1n) is 5.10. The number of hydrogen-bond donors (Lipinski definition) is 0. The molecular formula is C11H11NO6. The molecule has 0 amide bonds. The van der Waals surface area contributed by atoms with Crippen molar-refractivity contribution >= 4 is 17.9 Å². The molecule has 0 spiro atoms. The van der Waals surface area contributed by atoms with Crippen LogP contribution in [0, 0.1) is 10.1 Å². The van der Waals surface area contributed by atoms with Crippen LogP contribution in [0.15, 0.2) is 18.2 Å². The normalized spacial score (nSPS) is 9.61. The van der Waals surface area contributed by atoms with E-state index in [9.17, 15) is 19.7 Å². The van der Waals surface area contributed by atoms with E-state index >= 15 is 0 Å². The number of rotatable bonds is 6. The summed E-state index contributed by atoms with van der Waals surface area (Å²) in [6, 6.07) is 3.53. The number of ether oxygens (including phenoxy) is 2. The number of nitro benzene ring substituents is 1. The maximum atomic E-state index is 11.0. The lowest BCUT2D eigenvalue weighted by Crippen LogP contribution is -2.15. The van der Waals surface area contributed by atoms with Crippen LogP contribution < -0.4 is 4.74 Å². The van der Waals surface area contributed by atoms with Crippen molar-refractivity contribution in [2.45, 2.75) is 6.92 Å². The first kappa shape index (κ1) is 13.6. The summed E-state index contributed by atoms with van der Waals surface area (Å²) >= 11 is 0. The van der Waals surface area contributed by atoms with E-state index < -0.39 is 10.9 Å². The van der Waals surface area contributed by atoms with Crippen molar-refractivity contribution in [1.82, 2.24) is 0 Å². The Morgan fingerprint density at radius 2 is 2.22 bits per heavy atom. The maximum absolute atomic E-state index is 11.0. The Morgan fingerprint density at radius 1 is 1.50 bits per heavy atom. The van der Waals surface area contributed by atoms with Gasteiger partial charge >= 0.3 is 5.97 Å². The summed E-state index contributed by atoms with van der Waals surface area (Å²) in [6.45, 7) is 1.52. The van der Waals surface area contributed by atoms with Crippen molar-refractivity contribution in [3.8, 4) is 5.75 Å². The second kappa shape index (κ2) is 6.33. The maximum Gasteiger partial charge on any atom is 0.344 e. The van der Waals surface area contributed by atoms with Gasteiger partial charge in [0, 0.05) is 12.1 Å². The minimum absolute atomic E-state index is 0.00787. The van der Waals surface area contributed by atoms with Gasteiger partial charge in [0.2, 0.25) is 0 Å². The molecule has 7 heteroatoms. The number of esters is 1. The van der Waals surface area contributed by atoms with Gasteiger partial charge in [-0.15, -0.1) is 0 Å². The van der Waals surface area contributed by atoms with Gasteiger partial charge in [-0.05, 0) is 13.0 Å². The van der Waals surface area contributed by atoms with E-state index in [0.29, 0.717) is 6.29 Å². The average Bonchev–Trinajstić information content (AvgIpc) is 2.36. The molecule has 18 heavy (non-hydrogen) atoms. The Hall–Kier alpha value is -2.44. The van der Waals surface area contributed by atoms with Crippen molar-refractivity contribution in [3.63, 3.8) is 0 Å². The van der Waals surface area contributed by atoms with E-state index in [2.05, 4.69) is 4.74 Å². The molecule has 96 valence electrons. The van der Waals surface area contributed by atoms with Gasteiger partial charge < -0.3 is 9.47 Å². The van der Waals surface area contributed by atoms with Crippen LogP contribution in [0.2, 0.25) is 0 Å². The molecule has 0 aromatic heterocycles. The molecule has 0 N–H and O–H groups in total. The first-order valence-corrected chi connectivity index (χ1v) is 5.10. The highest BCUT2D eigenvalue weighted by Gasteiger charge is 2.12. The number of hydrogen-bond acceptors (Lipinski definition) is 6. The standard InChI is InChI=1S/C11H11NO6/c1-2-17-11(14)7-18-10-4-3-9(12(15)16)5-8(10)6-13/h3-6H,2,7H2,1H3. The number of nitrogens with zero attached hydrogens (tertiary/aromatic N) is 1. The molecule has 0 fully saturated rings. The molecule has 0 aliphatic carbocycles. The van der Waals surface area contributed by atoms with E-state index in [1.54, 1.807) is 6.92 Å². The van der Waals surface area contributed by atoms with Crippen molar-refractivity contribution in [2.75, 3.05) is 13.2 Å². The van der Waals surface area contributed by atoms with E-state index in [1.165, 1.54) is 12.1 Å². The molecule has 0 unspecified atom stereocenters. The summed E-state index contributed by atoms with van der Waals surface area (Å²) in [7, 11) is 0. The van der Waals surface area contributed by atoms with E-state index in [1.807, 2.05) is 0 Å². The molecule has 0 heterocycles. The fourth-order valence-corrected chi connectivity index (χ4v) is 1.21. The topological polar surface area (TPSA) is 95.7 Å². The molecule has 7 nitrogen and oxygen atoms in total. The molecule has 0 atom stereocenters. The van der Waals surface area contributed by atoms with Gasteiger partial charge in [0.25, 0.3) is 5.69 Å². The lowest BCUT2D eigenvalue weighted by atomic mass is 10.2. The van der Waals surface area contributed by atoms with Gasteiger partial charge in [0.1, 0.15) is 5.75 Å². The smallest absolute Gasteiger partial charge is 0.344 e. The predicted octanol–water partition coefficient (Wildman–Crippen LogP) is 1.35. The van der Waals surface area contributed by atoms with E-state index in [4.69, 9.17) is 4.74 Å². The van der Waals surface area contributed by atoms with Crippen molar-refractivity contribution in [1.29, 1.82) is 0 Å². The zero-order valence-corrected chi connectivity index (χ0v) is 9.62. The molecular weight excluding hydrogens is 242 g/mol. The van der Waals surface area contributed by atoms with Crippen LogP contribution in [0.3, 0.4) is 0 Å². The Balaban J connectivity index is 2.80. The van der Waals surface area contributed by atoms with Gasteiger partial charge in [-0.3, -0.25) is 14.9 Å². The highest BCUT2D eigenvalue weighted by atomic mass is 16.6. The Morgan fingerprint density at radius 3 is 2.78 bits per heavy atom. The molecule has 1 aromatic rings. The Kier molecular flexibility index (Phi) is 4.79. The monoisotopic (exact) mass is 253 g/mol. The minimum atomic E-state index is -0.623. The molecule has 0 saturated carbocycles. The fourth-order valence-electron chi connectivity index (χ4n) is 1.21. The Labute approximate surface area is 102 Å². The third-order valence-corrected chi connectivity index (χ3v) is 1.98. The number of carbonyl (C=O) groups excluding carboxylic acids is 2. The van der Waals surface area contributed by atoms with Gasteiger partial charge in [-0.25, -0.2) is 4.79 Å². The molecule has 1 aromatic carbocycles. The molecule has 0 aliphatic heterocycles. The SMILES string of the molecule is CCOC(=O)COc1ccc([N+](=O)[O-])cc1C=O. The van der Waals surface area contributed by atoms with Crippen LogP contribution in [0.5, 0.6) is 5.75 Å². The van der Waals surface area contributed by atoms with Crippen molar-refractivity contribution in [3.05, 3.63) is 33.9 Å². The van der Waals surface area contributed by atoms with Crippen LogP contribution in [-0.4, -0.2) is 30.4 Å². The van der Waals surface area contributed by atoms with Crippen LogP contribution in [-0.2, 0) is 9.53 Å². The zero-order valence-electron chi connectivity index (χ0n) is 9.62. The molecule has 1 rings (SSSR count). The number of benzene rings is 1. The van der Waals surface area contributed by atoms with Crippen molar-refractivity contribution < 1.29 is 24.0 Å². The largest absolute Gasteiger partial charge is 0.481 e. The fraction of sp³-hybridized carbons (Fsp3) is 0.273. The summed E-state index contributed by atoms with van der Waals surface area (Å²) in [5.74, 6) is -0.476. The first-order chi connectivity index (χ1) is 8.58. The summed E-state index contributed by atoms with van der Waals surface area (Å²) in [4.78, 5) is 31.7. The average molecular weight is 253 g/mol. The quantitative estimate of drug-likeness (QED) is 0.328. The molecule has 0 aliphatic rings. The van der Waals surface area contributed by atoms with Crippen LogP contribution >= 0.6 is 0 Å². The van der Waals surface area contributed by atoms with Gasteiger partial charge in [-0.1, -0.05) is 0 Å². The van der Waals surface area contributed by atoms with Crippen molar-refractivity contribution in [2.24, 2.45) is 0 Å². The van der Waals surface area contributed by atoms with Gasteiger partial charge in [0.15, 0.2) is 12.9 Å². The highest BCUT2D eigenvalue weighted by Crippen LogP contribution is 2.22. The summed E-state index contributed by atoms with van der Waals surface area (Å²) in [5.41, 5.74) is -0.214. The second-order valence-electron chi connectivity index (χ2n) is 3.19. The number of aldehydes is 1. The van der Waals surface area contributed by atoms with Gasteiger partial charge in [-0.2, -0.15) is 0 Å². The molecule has 0 radical (unpaired) electrons. The highest BCUT2D eigenvalue weighted by molar-refractivity contribution is 5.81. The number of carbonyl (C=O) groups is 2. The lowest BCUT2D eigenvalue weighted by molar-refractivity contribution is -0.384. The summed E-state index contributed by atoms with van der Waals surface area (Å²) in [5, 5.41) is 10.5. The number of nitro groups is 1. The van der Waals surface area contributed by atoms with Crippen LogP contribution in [0.4, 0.5) is 5.69 Å². The van der Waals surface area contributed by atoms with Gasteiger partial charge in [0.05, 0.1) is 17.1 Å².